The van der Waals surface area contributed by atoms with E-state index in [2.05, 4.69) is 4.72 Å². The van der Waals surface area contributed by atoms with Crippen molar-refractivity contribution in [1.82, 2.24) is 9.03 Å². The van der Waals surface area contributed by atoms with Crippen LogP contribution >= 0.6 is 0 Å². The maximum atomic E-state index is 12.1. The zero-order valence-electron chi connectivity index (χ0n) is 12.7. The lowest BCUT2D eigenvalue weighted by atomic mass is 9.97. The predicted molar refractivity (Wildman–Crippen MR) is 79.2 cm³/mol. The molecule has 6 heteroatoms. The quantitative estimate of drug-likeness (QED) is 0.610. The summed E-state index contributed by atoms with van der Waals surface area (Å²) in [4.78, 5) is 0. The number of aliphatic hydroxyl groups excluding tert-OH is 1. The first-order valence-corrected chi connectivity index (χ1v) is 8.79. The van der Waals surface area contributed by atoms with Gasteiger partial charge in [0.15, 0.2) is 0 Å². The molecule has 0 spiro atoms. The summed E-state index contributed by atoms with van der Waals surface area (Å²) >= 11 is 0. The Hall–Kier alpha value is -0.170. The van der Waals surface area contributed by atoms with Gasteiger partial charge in [-0.3, -0.25) is 0 Å². The molecule has 0 bridgehead atoms. The summed E-state index contributed by atoms with van der Waals surface area (Å²) in [5, 5.41) is 9.97. The van der Waals surface area contributed by atoms with Crippen LogP contribution in [0.3, 0.4) is 0 Å². The molecule has 0 saturated carbocycles. The fraction of sp³-hybridized carbons (Fsp3) is 1.00. The standard InChI is InChI=1S/C13H30N2O3S/c1-5-9-15(10-6-2)19(17,18)14-11-13(16)12(7-3)8-4/h12-14,16H,5-11H2,1-4H3. The van der Waals surface area contributed by atoms with Crippen LogP contribution in [-0.2, 0) is 10.2 Å². The summed E-state index contributed by atoms with van der Waals surface area (Å²) in [7, 11) is -3.47. The molecule has 0 aromatic carbocycles. The highest BCUT2D eigenvalue weighted by molar-refractivity contribution is 7.87. The summed E-state index contributed by atoms with van der Waals surface area (Å²) in [5.41, 5.74) is 0. The van der Waals surface area contributed by atoms with Crippen molar-refractivity contribution in [1.29, 1.82) is 0 Å². The molecule has 0 aliphatic rings. The summed E-state index contributed by atoms with van der Waals surface area (Å²) < 4.78 is 28.2. The third-order valence-corrected chi connectivity index (χ3v) is 4.93. The van der Waals surface area contributed by atoms with E-state index in [0.29, 0.717) is 13.1 Å². The molecule has 0 radical (unpaired) electrons. The maximum Gasteiger partial charge on any atom is 0.279 e. The average Bonchev–Trinajstić information content (AvgIpc) is 2.37. The van der Waals surface area contributed by atoms with Crippen LogP contribution in [0, 0.1) is 5.92 Å². The third-order valence-electron chi connectivity index (χ3n) is 3.35. The molecule has 0 aliphatic carbocycles. The molecule has 0 amide bonds. The fourth-order valence-corrected chi connectivity index (χ4v) is 3.54. The van der Waals surface area contributed by atoms with Crippen LogP contribution in [0.4, 0.5) is 0 Å². The number of nitrogens with zero attached hydrogens (tertiary/aromatic N) is 1. The smallest absolute Gasteiger partial charge is 0.279 e. The van der Waals surface area contributed by atoms with Crippen molar-refractivity contribution in [2.45, 2.75) is 59.5 Å². The van der Waals surface area contributed by atoms with Gasteiger partial charge in [-0.2, -0.15) is 17.4 Å². The predicted octanol–water partition coefficient (Wildman–Crippen LogP) is 1.74. The molecule has 116 valence electrons. The van der Waals surface area contributed by atoms with Gasteiger partial charge in [-0.05, 0) is 18.8 Å². The van der Waals surface area contributed by atoms with E-state index in [1.807, 2.05) is 27.7 Å². The molecule has 0 aliphatic heterocycles. The Morgan fingerprint density at radius 3 is 1.89 bits per heavy atom. The summed E-state index contributed by atoms with van der Waals surface area (Å²) in [6, 6.07) is 0. The van der Waals surface area contributed by atoms with E-state index in [1.54, 1.807) is 0 Å². The average molecular weight is 294 g/mol. The van der Waals surface area contributed by atoms with Gasteiger partial charge in [0, 0.05) is 19.6 Å². The van der Waals surface area contributed by atoms with E-state index in [1.165, 1.54) is 4.31 Å². The molecule has 0 fully saturated rings. The van der Waals surface area contributed by atoms with Gasteiger partial charge in [-0.25, -0.2) is 0 Å². The van der Waals surface area contributed by atoms with Crippen LogP contribution in [-0.4, -0.2) is 43.6 Å². The summed E-state index contributed by atoms with van der Waals surface area (Å²) in [6.07, 6.45) is 2.67. The molecule has 0 rings (SSSR count). The Labute approximate surface area is 118 Å². The molecule has 0 saturated heterocycles. The van der Waals surface area contributed by atoms with E-state index in [9.17, 15) is 13.5 Å². The zero-order chi connectivity index (χ0) is 14.9. The molecule has 19 heavy (non-hydrogen) atoms. The SMILES string of the molecule is CCCN(CCC)S(=O)(=O)NCC(O)C(CC)CC. The minimum atomic E-state index is -3.47. The number of hydrogen-bond acceptors (Lipinski definition) is 3. The van der Waals surface area contributed by atoms with Crippen LogP contribution in [0.2, 0.25) is 0 Å². The molecule has 1 unspecified atom stereocenters. The van der Waals surface area contributed by atoms with Crippen molar-refractivity contribution >= 4 is 10.2 Å². The van der Waals surface area contributed by atoms with Gasteiger partial charge in [0.25, 0.3) is 10.2 Å². The largest absolute Gasteiger partial charge is 0.391 e. The molecule has 5 nitrogen and oxygen atoms in total. The molecule has 1 atom stereocenters. The summed E-state index contributed by atoms with van der Waals surface area (Å²) in [5.74, 6) is 0.147. The first kappa shape index (κ1) is 18.8. The van der Waals surface area contributed by atoms with Crippen molar-refractivity contribution in [2.75, 3.05) is 19.6 Å². The van der Waals surface area contributed by atoms with Crippen LogP contribution in [0.5, 0.6) is 0 Å². The third kappa shape index (κ3) is 6.70. The molecule has 0 aromatic rings. The van der Waals surface area contributed by atoms with Crippen molar-refractivity contribution in [2.24, 2.45) is 5.92 Å². The second-order valence-electron chi connectivity index (χ2n) is 4.90. The van der Waals surface area contributed by atoms with Crippen LogP contribution in [0.1, 0.15) is 53.4 Å². The maximum absolute atomic E-state index is 12.1. The first-order valence-electron chi connectivity index (χ1n) is 7.35. The second-order valence-corrected chi connectivity index (χ2v) is 6.65. The first-order chi connectivity index (χ1) is 8.92. The second kappa shape index (κ2) is 9.69. The van der Waals surface area contributed by atoms with E-state index in [-0.39, 0.29) is 12.5 Å². The van der Waals surface area contributed by atoms with Gasteiger partial charge in [0.2, 0.25) is 0 Å². The molecule has 0 heterocycles. The highest BCUT2D eigenvalue weighted by atomic mass is 32.2. The fourth-order valence-electron chi connectivity index (χ4n) is 2.13. The highest BCUT2D eigenvalue weighted by Crippen LogP contribution is 2.13. The van der Waals surface area contributed by atoms with Gasteiger partial charge >= 0.3 is 0 Å². The molecular formula is C13H30N2O3S. The molecule has 2 N–H and O–H groups in total. The Balaban J connectivity index is 4.49. The van der Waals surface area contributed by atoms with E-state index < -0.39 is 16.3 Å². The van der Waals surface area contributed by atoms with Gasteiger partial charge in [-0.1, -0.05) is 40.5 Å². The number of nitrogens with one attached hydrogen (secondary N) is 1. The Morgan fingerprint density at radius 2 is 1.53 bits per heavy atom. The highest BCUT2D eigenvalue weighted by Gasteiger charge is 2.23. The van der Waals surface area contributed by atoms with E-state index >= 15 is 0 Å². The Kier molecular flexibility index (Phi) is 9.60. The van der Waals surface area contributed by atoms with Gasteiger partial charge in [0.1, 0.15) is 0 Å². The lowest BCUT2D eigenvalue weighted by molar-refractivity contribution is 0.106. The van der Waals surface area contributed by atoms with Crippen LogP contribution in [0.15, 0.2) is 0 Å². The lowest BCUT2D eigenvalue weighted by Gasteiger charge is -2.24. The van der Waals surface area contributed by atoms with Crippen molar-refractivity contribution in [3.05, 3.63) is 0 Å². The van der Waals surface area contributed by atoms with Crippen LogP contribution in [0.25, 0.3) is 0 Å². The lowest BCUT2D eigenvalue weighted by Crippen LogP contribution is -2.45. The monoisotopic (exact) mass is 294 g/mol. The molecule has 0 aromatic heterocycles. The van der Waals surface area contributed by atoms with Gasteiger partial charge < -0.3 is 5.11 Å². The summed E-state index contributed by atoms with van der Waals surface area (Å²) in [6.45, 7) is 9.06. The van der Waals surface area contributed by atoms with Crippen molar-refractivity contribution in [3.63, 3.8) is 0 Å². The zero-order valence-corrected chi connectivity index (χ0v) is 13.5. The Morgan fingerprint density at radius 1 is 1.05 bits per heavy atom. The van der Waals surface area contributed by atoms with Crippen molar-refractivity contribution < 1.29 is 13.5 Å². The minimum Gasteiger partial charge on any atom is -0.391 e. The number of hydrogen-bond donors (Lipinski definition) is 2. The minimum absolute atomic E-state index is 0.0958. The van der Waals surface area contributed by atoms with Crippen molar-refractivity contribution in [3.8, 4) is 0 Å². The van der Waals surface area contributed by atoms with E-state index in [4.69, 9.17) is 0 Å². The topological polar surface area (TPSA) is 69.6 Å². The van der Waals surface area contributed by atoms with Crippen LogP contribution < -0.4 is 4.72 Å². The normalized spacial score (nSPS) is 14.3. The van der Waals surface area contributed by atoms with Gasteiger partial charge in [0.05, 0.1) is 6.10 Å². The van der Waals surface area contributed by atoms with E-state index in [0.717, 1.165) is 25.7 Å². The Bertz CT molecular complexity index is 310. The molecular weight excluding hydrogens is 264 g/mol. The number of aliphatic hydroxyl groups is 1. The van der Waals surface area contributed by atoms with Gasteiger partial charge in [-0.15, -0.1) is 0 Å². The number of rotatable bonds is 11.